The summed E-state index contributed by atoms with van der Waals surface area (Å²) in [5.41, 5.74) is 7.71. The van der Waals surface area contributed by atoms with E-state index in [9.17, 15) is 9.00 Å². The molecule has 0 saturated heterocycles. The van der Waals surface area contributed by atoms with E-state index in [-0.39, 0.29) is 5.91 Å². The van der Waals surface area contributed by atoms with Gasteiger partial charge < -0.3 is 11.1 Å². The third-order valence-electron chi connectivity index (χ3n) is 2.04. The van der Waals surface area contributed by atoms with E-state index in [1.807, 2.05) is 6.92 Å². The van der Waals surface area contributed by atoms with Crippen LogP contribution in [0.5, 0.6) is 0 Å². The fraction of sp³-hybridized carbons (Fsp3) is 0.364. The normalized spacial score (nSPS) is 12.1. The van der Waals surface area contributed by atoms with Crippen molar-refractivity contribution in [3.8, 4) is 0 Å². The first kappa shape index (κ1) is 12.7. The molecule has 0 aliphatic heterocycles. The highest BCUT2D eigenvalue weighted by molar-refractivity contribution is 7.84. The number of hydrogen-bond acceptors (Lipinski definition) is 3. The summed E-state index contributed by atoms with van der Waals surface area (Å²) < 4.78 is 10.8. The van der Waals surface area contributed by atoms with E-state index < -0.39 is 10.8 Å². The average molecular weight is 240 g/mol. The van der Waals surface area contributed by atoms with Gasteiger partial charge in [0, 0.05) is 40.6 Å². The molecule has 4 nitrogen and oxygen atoms in total. The van der Waals surface area contributed by atoms with Crippen molar-refractivity contribution in [3.63, 3.8) is 0 Å². The topological polar surface area (TPSA) is 72.2 Å². The summed E-state index contributed by atoms with van der Waals surface area (Å²) in [6.45, 7) is 2.30. The highest BCUT2D eigenvalue weighted by Crippen LogP contribution is 2.10. The Morgan fingerprint density at radius 3 is 2.69 bits per heavy atom. The summed E-state index contributed by atoms with van der Waals surface area (Å²) in [6, 6.07) is 5.21. The Labute approximate surface area is 97.7 Å². The Hall–Kier alpha value is -1.36. The van der Waals surface area contributed by atoms with Crippen LogP contribution in [0.3, 0.4) is 0 Å². The number of aryl methyl sites for hydroxylation is 1. The van der Waals surface area contributed by atoms with E-state index >= 15 is 0 Å². The zero-order valence-corrected chi connectivity index (χ0v) is 10.3. The maximum atomic E-state index is 11.7. The molecule has 0 fully saturated rings. The van der Waals surface area contributed by atoms with Crippen LogP contribution in [0.1, 0.15) is 15.9 Å². The van der Waals surface area contributed by atoms with Crippen molar-refractivity contribution in [3.05, 3.63) is 29.3 Å². The van der Waals surface area contributed by atoms with Crippen LogP contribution in [0.4, 0.5) is 5.69 Å². The van der Waals surface area contributed by atoms with Crippen molar-refractivity contribution in [2.75, 3.05) is 24.3 Å². The zero-order chi connectivity index (χ0) is 12.1. The van der Waals surface area contributed by atoms with Gasteiger partial charge in [-0.25, -0.2) is 0 Å². The molecule has 1 rings (SSSR count). The number of amides is 1. The molecule has 0 aliphatic rings. The van der Waals surface area contributed by atoms with Crippen LogP contribution in [0.25, 0.3) is 0 Å². The summed E-state index contributed by atoms with van der Waals surface area (Å²) in [6.07, 6.45) is 1.61. The van der Waals surface area contributed by atoms with E-state index in [2.05, 4.69) is 5.32 Å². The van der Waals surface area contributed by atoms with Crippen molar-refractivity contribution >= 4 is 22.4 Å². The maximum Gasteiger partial charge on any atom is 0.251 e. The molecular weight excluding hydrogens is 224 g/mol. The molecule has 1 amide bonds. The summed E-state index contributed by atoms with van der Waals surface area (Å²) in [7, 11) is -0.887. The molecule has 16 heavy (non-hydrogen) atoms. The quantitative estimate of drug-likeness (QED) is 0.760. The third-order valence-corrected chi connectivity index (χ3v) is 2.82. The number of nitrogen functional groups attached to an aromatic ring is 1. The number of carbonyl (C=O) groups excluding carboxylic acids is 1. The van der Waals surface area contributed by atoms with Gasteiger partial charge >= 0.3 is 0 Å². The van der Waals surface area contributed by atoms with Gasteiger partial charge in [-0.1, -0.05) is 0 Å². The third kappa shape index (κ3) is 4.02. The molecule has 1 aromatic carbocycles. The molecule has 88 valence electrons. The van der Waals surface area contributed by atoms with Gasteiger partial charge in [-0.2, -0.15) is 0 Å². The zero-order valence-electron chi connectivity index (χ0n) is 9.45. The lowest BCUT2D eigenvalue weighted by Gasteiger charge is -2.06. The predicted molar refractivity (Wildman–Crippen MR) is 66.9 cm³/mol. The Morgan fingerprint density at radius 1 is 1.44 bits per heavy atom. The van der Waals surface area contributed by atoms with Crippen LogP contribution in [-0.4, -0.2) is 28.7 Å². The van der Waals surface area contributed by atoms with Crippen molar-refractivity contribution in [2.45, 2.75) is 6.92 Å². The number of carbonyl (C=O) groups is 1. The standard InChI is InChI=1S/C11H16N2O2S/c1-8-5-9(7-10(12)6-8)11(14)13-3-4-16(2)15/h5-7H,3-4,12H2,1-2H3,(H,13,14). The molecule has 0 saturated carbocycles. The lowest BCUT2D eigenvalue weighted by atomic mass is 10.1. The van der Waals surface area contributed by atoms with Crippen LogP contribution in [0.15, 0.2) is 18.2 Å². The fourth-order valence-corrected chi connectivity index (χ4v) is 1.74. The number of hydrogen-bond donors (Lipinski definition) is 2. The first-order chi connectivity index (χ1) is 7.49. The van der Waals surface area contributed by atoms with Crippen LogP contribution < -0.4 is 11.1 Å². The second-order valence-electron chi connectivity index (χ2n) is 3.67. The molecule has 1 atom stereocenters. The maximum absolute atomic E-state index is 11.7. The Morgan fingerprint density at radius 2 is 2.12 bits per heavy atom. The molecule has 1 unspecified atom stereocenters. The first-order valence-electron chi connectivity index (χ1n) is 4.94. The lowest BCUT2D eigenvalue weighted by Crippen LogP contribution is -2.27. The van der Waals surface area contributed by atoms with Gasteiger partial charge in [-0.15, -0.1) is 0 Å². The molecule has 3 N–H and O–H groups in total. The van der Waals surface area contributed by atoms with Gasteiger partial charge in [-0.3, -0.25) is 9.00 Å². The van der Waals surface area contributed by atoms with Crippen LogP contribution in [-0.2, 0) is 10.8 Å². The van der Waals surface area contributed by atoms with Crippen LogP contribution in [0, 0.1) is 6.92 Å². The predicted octanol–water partition coefficient (Wildman–Crippen LogP) is 0.686. The molecule has 5 heteroatoms. The van der Waals surface area contributed by atoms with E-state index in [0.717, 1.165) is 5.56 Å². The molecule has 0 heterocycles. The second kappa shape index (κ2) is 5.65. The highest BCUT2D eigenvalue weighted by Gasteiger charge is 2.06. The van der Waals surface area contributed by atoms with Crippen molar-refractivity contribution in [1.29, 1.82) is 0 Å². The molecule has 0 radical (unpaired) electrons. The van der Waals surface area contributed by atoms with E-state index in [4.69, 9.17) is 5.73 Å². The summed E-state index contributed by atoms with van der Waals surface area (Å²) in [4.78, 5) is 11.7. The number of nitrogens with one attached hydrogen (secondary N) is 1. The van der Waals surface area contributed by atoms with Gasteiger partial charge in [0.15, 0.2) is 0 Å². The van der Waals surface area contributed by atoms with E-state index in [1.165, 1.54) is 0 Å². The van der Waals surface area contributed by atoms with E-state index in [1.54, 1.807) is 24.5 Å². The highest BCUT2D eigenvalue weighted by atomic mass is 32.2. The summed E-state index contributed by atoms with van der Waals surface area (Å²) >= 11 is 0. The largest absolute Gasteiger partial charge is 0.399 e. The fourth-order valence-electron chi connectivity index (χ4n) is 1.35. The Bertz CT molecular complexity index is 398. The second-order valence-corrected chi connectivity index (χ2v) is 5.22. The molecule has 0 spiro atoms. The SMILES string of the molecule is Cc1cc(N)cc(C(=O)NCCS(C)=O)c1. The van der Waals surface area contributed by atoms with Crippen molar-refractivity contribution in [1.82, 2.24) is 5.32 Å². The van der Waals surface area contributed by atoms with Gasteiger partial charge in [0.05, 0.1) is 0 Å². The summed E-state index contributed by atoms with van der Waals surface area (Å²) in [5, 5.41) is 2.70. The molecule has 0 aromatic heterocycles. The lowest BCUT2D eigenvalue weighted by molar-refractivity contribution is 0.0956. The Balaban J connectivity index is 2.62. The van der Waals surface area contributed by atoms with Crippen LogP contribution >= 0.6 is 0 Å². The number of nitrogens with two attached hydrogens (primary N) is 1. The minimum Gasteiger partial charge on any atom is -0.399 e. The van der Waals surface area contributed by atoms with E-state index in [0.29, 0.717) is 23.5 Å². The van der Waals surface area contributed by atoms with Crippen molar-refractivity contribution < 1.29 is 9.00 Å². The molecule has 0 aliphatic carbocycles. The molecule has 0 bridgehead atoms. The first-order valence-corrected chi connectivity index (χ1v) is 6.67. The monoisotopic (exact) mass is 240 g/mol. The summed E-state index contributed by atoms with van der Waals surface area (Å²) in [5.74, 6) is 0.286. The Kier molecular flexibility index (Phi) is 4.49. The van der Waals surface area contributed by atoms with Crippen molar-refractivity contribution in [2.24, 2.45) is 0 Å². The minimum atomic E-state index is -0.887. The minimum absolute atomic E-state index is 0.180. The number of anilines is 1. The molecular formula is C11H16N2O2S. The van der Waals surface area contributed by atoms with Gasteiger partial charge in [0.25, 0.3) is 5.91 Å². The van der Waals surface area contributed by atoms with Gasteiger partial charge in [0.2, 0.25) is 0 Å². The average Bonchev–Trinajstić information content (AvgIpc) is 2.15. The molecule has 1 aromatic rings. The number of rotatable bonds is 4. The van der Waals surface area contributed by atoms with Gasteiger partial charge in [-0.05, 0) is 30.7 Å². The van der Waals surface area contributed by atoms with Gasteiger partial charge in [0.1, 0.15) is 0 Å². The van der Waals surface area contributed by atoms with Crippen LogP contribution in [0.2, 0.25) is 0 Å². The smallest absolute Gasteiger partial charge is 0.251 e. The number of benzene rings is 1.